The summed E-state index contributed by atoms with van der Waals surface area (Å²) in [6.07, 6.45) is -3.95. The lowest BCUT2D eigenvalue weighted by Crippen LogP contribution is -2.40. The fourth-order valence-corrected chi connectivity index (χ4v) is 3.02. The van der Waals surface area contributed by atoms with Crippen molar-refractivity contribution in [3.05, 3.63) is 28.2 Å². The zero-order chi connectivity index (χ0) is 15.2. The van der Waals surface area contributed by atoms with Gasteiger partial charge < -0.3 is 15.0 Å². The Labute approximate surface area is 127 Å². The van der Waals surface area contributed by atoms with Crippen molar-refractivity contribution in [3.8, 4) is 5.75 Å². The Morgan fingerprint density at radius 1 is 1.38 bits per heavy atom. The third kappa shape index (κ3) is 2.68. The van der Waals surface area contributed by atoms with Crippen LogP contribution in [0.15, 0.2) is 22.7 Å². The Morgan fingerprint density at radius 2 is 2.14 bits per heavy atom. The fraction of sp³-hybridized carbons (Fsp3) is 0.462. The van der Waals surface area contributed by atoms with Gasteiger partial charge in [-0.3, -0.25) is 0 Å². The molecule has 1 fully saturated rings. The molecular weight excluding hydrogens is 353 g/mol. The second kappa shape index (κ2) is 5.08. The number of urea groups is 1. The molecule has 2 aliphatic rings. The summed E-state index contributed by atoms with van der Waals surface area (Å²) in [6, 6.07) is 2.43. The molecule has 114 valence electrons. The third-order valence-corrected chi connectivity index (χ3v) is 4.19. The fourth-order valence-electron chi connectivity index (χ4n) is 2.68. The summed E-state index contributed by atoms with van der Waals surface area (Å²) < 4.78 is 44.6. The SMILES string of the molecule is O=C1N[C@H](C(F)(F)F)CN1[C@@H]1CCOc2cc(Br)ccc21. The number of carbonyl (C=O) groups is 1. The number of nitrogens with one attached hydrogen (secondary N) is 1. The first-order valence-corrected chi connectivity index (χ1v) is 7.21. The molecule has 1 saturated heterocycles. The maximum atomic E-state index is 12.8. The largest absolute Gasteiger partial charge is 0.493 e. The van der Waals surface area contributed by atoms with Gasteiger partial charge in [-0.2, -0.15) is 13.2 Å². The number of benzene rings is 1. The first-order valence-electron chi connectivity index (χ1n) is 6.42. The molecular formula is C13H12BrF3N2O2. The number of hydrogen-bond acceptors (Lipinski definition) is 2. The van der Waals surface area contributed by atoms with Gasteiger partial charge in [0.05, 0.1) is 19.2 Å². The molecule has 0 bridgehead atoms. The number of hydrogen-bond donors (Lipinski definition) is 1. The van der Waals surface area contributed by atoms with Crippen molar-refractivity contribution >= 4 is 22.0 Å². The highest BCUT2D eigenvalue weighted by molar-refractivity contribution is 9.10. The standard InChI is InChI=1S/C13H12BrF3N2O2/c14-7-1-2-8-9(3-4-21-10(8)5-7)19-6-11(13(15,16)17)18-12(19)20/h1-2,5,9,11H,3-4,6H2,(H,18,20)/t9-,11+/m1/s1. The van der Waals surface area contributed by atoms with Gasteiger partial charge in [-0.25, -0.2) is 4.79 Å². The van der Waals surface area contributed by atoms with Crippen LogP contribution in [0.5, 0.6) is 5.75 Å². The Bertz CT molecular complexity index is 579. The minimum absolute atomic E-state index is 0.370. The molecule has 0 radical (unpaired) electrons. The molecule has 0 aromatic heterocycles. The average Bonchev–Trinajstić information content (AvgIpc) is 2.79. The number of rotatable bonds is 1. The highest BCUT2D eigenvalue weighted by Gasteiger charge is 2.49. The van der Waals surface area contributed by atoms with Crippen LogP contribution in [0.4, 0.5) is 18.0 Å². The molecule has 0 aliphatic carbocycles. The second-order valence-corrected chi connectivity index (χ2v) is 5.95. The molecule has 1 N–H and O–H groups in total. The third-order valence-electron chi connectivity index (χ3n) is 3.69. The van der Waals surface area contributed by atoms with Crippen molar-refractivity contribution in [2.24, 2.45) is 0 Å². The second-order valence-electron chi connectivity index (χ2n) is 5.03. The lowest BCUT2D eigenvalue weighted by atomic mass is 9.99. The summed E-state index contributed by atoms with van der Waals surface area (Å²) in [6.45, 7) is -0.00289. The molecule has 2 aliphatic heterocycles. The van der Waals surface area contributed by atoms with Gasteiger partial charge in [-0.05, 0) is 12.1 Å². The number of alkyl halides is 3. The van der Waals surface area contributed by atoms with Crippen LogP contribution >= 0.6 is 15.9 Å². The molecule has 0 saturated carbocycles. The number of nitrogens with zero attached hydrogens (tertiary/aromatic N) is 1. The molecule has 2 amide bonds. The van der Waals surface area contributed by atoms with E-state index in [1.165, 1.54) is 4.90 Å². The molecule has 8 heteroatoms. The van der Waals surface area contributed by atoms with Crippen LogP contribution in [0, 0.1) is 0 Å². The number of amides is 2. The Kier molecular flexibility index (Phi) is 3.51. The van der Waals surface area contributed by atoms with Crippen LogP contribution in [0.1, 0.15) is 18.0 Å². The van der Waals surface area contributed by atoms with Crippen LogP contribution in [-0.2, 0) is 0 Å². The molecule has 3 rings (SSSR count). The van der Waals surface area contributed by atoms with E-state index in [9.17, 15) is 18.0 Å². The highest BCUT2D eigenvalue weighted by Crippen LogP contribution is 2.39. The maximum absolute atomic E-state index is 12.8. The van der Waals surface area contributed by atoms with E-state index in [1.807, 2.05) is 5.32 Å². The maximum Gasteiger partial charge on any atom is 0.410 e. The van der Waals surface area contributed by atoms with Gasteiger partial charge in [0.2, 0.25) is 0 Å². The van der Waals surface area contributed by atoms with E-state index in [1.54, 1.807) is 18.2 Å². The average molecular weight is 365 g/mol. The van der Waals surface area contributed by atoms with Gasteiger partial charge in [0, 0.05) is 16.5 Å². The highest BCUT2D eigenvalue weighted by atomic mass is 79.9. The van der Waals surface area contributed by atoms with E-state index in [0.717, 1.165) is 10.0 Å². The lowest BCUT2D eigenvalue weighted by molar-refractivity contribution is -0.150. The first-order chi connectivity index (χ1) is 9.86. The van der Waals surface area contributed by atoms with E-state index in [-0.39, 0.29) is 6.54 Å². The van der Waals surface area contributed by atoms with Gasteiger partial charge in [0.1, 0.15) is 11.8 Å². The Balaban J connectivity index is 1.88. The van der Waals surface area contributed by atoms with Crippen LogP contribution in [-0.4, -0.2) is 36.3 Å². The van der Waals surface area contributed by atoms with Gasteiger partial charge in [-0.15, -0.1) is 0 Å². The molecule has 4 nitrogen and oxygen atoms in total. The van der Waals surface area contributed by atoms with E-state index in [4.69, 9.17) is 4.74 Å². The van der Waals surface area contributed by atoms with Crippen molar-refractivity contribution in [1.29, 1.82) is 0 Å². The summed E-state index contributed by atoms with van der Waals surface area (Å²) in [5.41, 5.74) is 0.738. The quantitative estimate of drug-likeness (QED) is 0.831. The van der Waals surface area contributed by atoms with E-state index >= 15 is 0 Å². The van der Waals surface area contributed by atoms with Crippen molar-refractivity contribution in [3.63, 3.8) is 0 Å². The van der Waals surface area contributed by atoms with E-state index < -0.39 is 24.3 Å². The van der Waals surface area contributed by atoms with E-state index in [2.05, 4.69) is 15.9 Å². The summed E-state index contributed by atoms with van der Waals surface area (Å²) in [4.78, 5) is 13.1. The molecule has 0 spiro atoms. The summed E-state index contributed by atoms with van der Waals surface area (Å²) in [5.74, 6) is 0.601. The van der Waals surface area contributed by atoms with Gasteiger partial charge in [0.25, 0.3) is 0 Å². The topological polar surface area (TPSA) is 41.6 Å². The zero-order valence-corrected chi connectivity index (χ0v) is 12.4. The van der Waals surface area contributed by atoms with Gasteiger partial charge in [0.15, 0.2) is 0 Å². The lowest BCUT2D eigenvalue weighted by Gasteiger charge is -2.32. The molecule has 21 heavy (non-hydrogen) atoms. The minimum Gasteiger partial charge on any atom is -0.493 e. The van der Waals surface area contributed by atoms with E-state index in [0.29, 0.717) is 18.8 Å². The molecule has 1 aromatic rings. The molecule has 2 heterocycles. The predicted molar refractivity (Wildman–Crippen MR) is 72.1 cm³/mol. The smallest absolute Gasteiger partial charge is 0.410 e. The molecule has 1 aromatic carbocycles. The number of halogens is 4. The number of carbonyl (C=O) groups excluding carboxylic acids is 1. The van der Waals surface area contributed by atoms with Crippen LogP contribution in [0.3, 0.4) is 0 Å². The van der Waals surface area contributed by atoms with Crippen molar-refractivity contribution in [2.75, 3.05) is 13.2 Å². The predicted octanol–water partition coefficient (Wildman–Crippen LogP) is 3.23. The Morgan fingerprint density at radius 3 is 2.81 bits per heavy atom. The van der Waals surface area contributed by atoms with Crippen molar-refractivity contribution < 1.29 is 22.7 Å². The monoisotopic (exact) mass is 364 g/mol. The van der Waals surface area contributed by atoms with Gasteiger partial charge in [-0.1, -0.05) is 22.0 Å². The summed E-state index contributed by atoms with van der Waals surface area (Å²) in [7, 11) is 0. The van der Waals surface area contributed by atoms with Gasteiger partial charge >= 0.3 is 12.2 Å². The summed E-state index contributed by atoms with van der Waals surface area (Å²) in [5, 5.41) is 2.00. The van der Waals surface area contributed by atoms with Crippen LogP contribution < -0.4 is 10.1 Å². The first kappa shape index (κ1) is 14.5. The molecule has 0 unspecified atom stereocenters. The van der Waals surface area contributed by atoms with Crippen molar-refractivity contribution in [1.82, 2.24) is 10.2 Å². The summed E-state index contributed by atoms with van der Waals surface area (Å²) >= 11 is 3.32. The number of fused-ring (bicyclic) bond motifs is 1. The zero-order valence-electron chi connectivity index (χ0n) is 10.8. The van der Waals surface area contributed by atoms with Crippen LogP contribution in [0.2, 0.25) is 0 Å². The minimum atomic E-state index is -4.43. The Hall–Kier alpha value is -1.44. The molecule has 2 atom stereocenters. The van der Waals surface area contributed by atoms with Crippen molar-refractivity contribution in [2.45, 2.75) is 24.7 Å². The van der Waals surface area contributed by atoms with Crippen LogP contribution in [0.25, 0.3) is 0 Å². The number of ether oxygens (including phenoxy) is 1. The normalized spacial score (nSPS) is 25.3.